The lowest BCUT2D eigenvalue weighted by Crippen LogP contribution is -2.33. The van der Waals surface area contributed by atoms with Gasteiger partial charge in [0, 0.05) is 12.0 Å². The molecule has 0 saturated heterocycles. The third-order valence-corrected chi connectivity index (χ3v) is 5.28. The van der Waals surface area contributed by atoms with Crippen LogP contribution in [0.3, 0.4) is 0 Å². The van der Waals surface area contributed by atoms with Crippen molar-refractivity contribution in [2.75, 3.05) is 0 Å². The molecule has 2 N–H and O–H groups in total. The number of hydrogen-bond acceptors (Lipinski definition) is 1. The largest absolute Gasteiger partial charge is 0.328 e. The van der Waals surface area contributed by atoms with Crippen LogP contribution in [0, 0.1) is 5.92 Å². The molecule has 1 aliphatic carbocycles. The quantitative estimate of drug-likeness (QED) is 0.825. The fraction of sp³-hybridized carbons (Fsp3) is 0.333. The van der Waals surface area contributed by atoms with E-state index in [1.54, 1.807) is 0 Å². The molecule has 3 rings (SSSR count). The first-order chi connectivity index (χ1) is 10.1. The van der Waals surface area contributed by atoms with Crippen molar-refractivity contribution in [1.29, 1.82) is 0 Å². The van der Waals surface area contributed by atoms with Gasteiger partial charge in [-0.2, -0.15) is 0 Å². The zero-order chi connectivity index (χ0) is 15.0. The summed E-state index contributed by atoms with van der Waals surface area (Å²) in [5, 5.41) is 1.22. The SMILES string of the molecule is C[C@@H](N)[C@@H]1Cc2ccccc2[C@H](c2ccc(Cl)c(Cl)c2)C1. The molecule has 0 heterocycles. The molecule has 0 fully saturated rings. The lowest BCUT2D eigenvalue weighted by atomic mass is 9.72. The standard InChI is InChI=1S/C18H19Cl2N/c1-11(21)14-8-12-4-2-3-5-15(12)16(9-14)13-6-7-17(19)18(20)10-13/h2-7,10-11,14,16H,8-9,21H2,1H3/t11-,14-,16+/m1/s1. The zero-order valence-corrected chi connectivity index (χ0v) is 13.5. The van der Waals surface area contributed by atoms with Gasteiger partial charge < -0.3 is 5.73 Å². The van der Waals surface area contributed by atoms with Crippen molar-refractivity contribution in [2.45, 2.75) is 31.7 Å². The fourth-order valence-corrected chi connectivity index (χ4v) is 3.61. The average Bonchev–Trinajstić information content (AvgIpc) is 2.49. The predicted molar refractivity (Wildman–Crippen MR) is 90.2 cm³/mol. The molecular weight excluding hydrogens is 301 g/mol. The first-order valence-electron chi connectivity index (χ1n) is 7.34. The Hall–Kier alpha value is -1.02. The van der Waals surface area contributed by atoms with Crippen LogP contribution in [0.2, 0.25) is 10.0 Å². The van der Waals surface area contributed by atoms with Crippen LogP contribution in [0.15, 0.2) is 42.5 Å². The number of hydrogen-bond donors (Lipinski definition) is 1. The van der Waals surface area contributed by atoms with E-state index in [1.807, 2.05) is 12.1 Å². The van der Waals surface area contributed by atoms with Crippen molar-refractivity contribution in [1.82, 2.24) is 0 Å². The summed E-state index contributed by atoms with van der Waals surface area (Å²) >= 11 is 12.2. The molecule has 3 atom stereocenters. The molecule has 1 aliphatic rings. The molecule has 2 aromatic carbocycles. The molecule has 0 aliphatic heterocycles. The number of fused-ring (bicyclic) bond motifs is 1. The summed E-state index contributed by atoms with van der Waals surface area (Å²) < 4.78 is 0. The summed E-state index contributed by atoms with van der Waals surface area (Å²) in [7, 11) is 0. The Labute approximate surface area is 136 Å². The van der Waals surface area contributed by atoms with Gasteiger partial charge in [0.25, 0.3) is 0 Å². The third-order valence-electron chi connectivity index (χ3n) is 4.54. The van der Waals surface area contributed by atoms with Gasteiger partial charge in [-0.05, 0) is 54.5 Å². The van der Waals surface area contributed by atoms with Crippen molar-refractivity contribution >= 4 is 23.2 Å². The first kappa shape index (κ1) is 14.9. The monoisotopic (exact) mass is 319 g/mol. The van der Waals surface area contributed by atoms with Gasteiger partial charge in [0.05, 0.1) is 10.0 Å². The van der Waals surface area contributed by atoms with Gasteiger partial charge in [-0.25, -0.2) is 0 Å². The van der Waals surface area contributed by atoms with Crippen LogP contribution in [0.1, 0.15) is 36.0 Å². The highest BCUT2D eigenvalue weighted by atomic mass is 35.5. The van der Waals surface area contributed by atoms with Gasteiger partial charge in [-0.1, -0.05) is 53.5 Å². The highest BCUT2D eigenvalue weighted by Gasteiger charge is 2.29. The lowest BCUT2D eigenvalue weighted by Gasteiger charge is -2.34. The highest BCUT2D eigenvalue weighted by molar-refractivity contribution is 6.42. The molecule has 0 bridgehead atoms. The minimum atomic E-state index is 0.198. The van der Waals surface area contributed by atoms with E-state index in [2.05, 4.69) is 37.3 Å². The predicted octanol–water partition coefficient (Wildman–Crippen LogP) is 5.03. The minimum Gasteiger partial charge on any atom is -0.328 e. The topological polar surface area (TPSA) is 26.0 Å². The molecule has 0 spiro atoms. The summed E-state index contributed by atoms with van der Waals surface area (Å²) in [5.74, 6) is 0.847. The van der Waals surface area contributed by atoms with E-state index in [-0.39, 0.29) is 6.04 Å². The maximum atomic E-state index is 6.20. The number of halogens is 2. The van der Waals surface area contributed by atoms with Crippen LogP contribution in [-0.4, -0.2) is 6.04 Å². The maximum absolute atomic E-state index is 6.20. The molecule has 3 heteroatoms. The van der Waals surface area contributed by atoms with E-state index in [9.17, 15) is 0 Å². The Morgan fingerprint density at radius 1 is 1.10 bits per heavy atom. The van der Waals surface area contributed by atoms with Gasteiger partial charge in [0.1, 0.15) is 0 Å². The molecule has 0 unspecified atom stereocenters. The summed E-state index contributed by atoms with van der Waals surface area (Å²) in [6.45, 7) is 2.10. The van der Waals surface area contributed by atoms with Gasteiger partial charge in [-0.15, -0.1) is 0 Å². The number of nitrogens with two attached hydrogens (primary N) is 1. The van der Waals surface area contributed by atoms with Crippen LogP contribution in [0.4, 0.5) is 0 Å². The lowest BCUT2D eigenvalue weighted by molar-refractivity contribution is 0.372. The van der Waals surface area contributed by atoms with Crippen molar-refractivity contribution in [3.63, 3.8) is 0 Å². The Morgan fingerprint density at radius 3 is 2.57 bits per heavy atom. The van der Waals surface area contributed by atoms with E-state index < -0.39 is 0 Å². The summed E-state index contributed by atoms with van der Waals surface area (Å²) in [4.78, 5) is 0. The molecule has 2 aromatic rings. The van der Waals surface area contributed by atoms with E-state index >= 15 is 0 Å². The van der Waals surface area contributed by atoms with Crippen LogP contribution < -0.4 is 5.73 Å². The molecule has 110 valence electrons. The Bertz CT molecular complexity index is 651. The van der Waals surface area contributed by atoms with E-state index in [4.69, 9.17) is 28.9 Å². The van der Waals surface area contributed by atoms with Crippen LogP contribution in [0.25, 0.3) is 0 Å². The van der Waals surface area contributed by atoms with Crippen molar-refractivity contribution < 1.29 is 0 Å². The van der Waals surface area contributed by atoms with E-state index in [0.29, 0.717) is 21.9 Å². The van der Waals surface area contributed by atoms with E-state index in [1.165, 1.54) is 16.7 Å². The maximum Gasteiger partial charge on any atom is 0.0595 e. The molecule has 0 aromatic heterocycles. The van der Waals surface area contributed by atoms with Gasteiger partial charge in [0.2, 0.25) is 0 Å². The van der Waals surface area contributed by atoms with Crippen LogP contribution in [-0.2, 0) is 6.42 Å². The minimum absolute atomic E-state index is 0.198. The molecule has 1 nitrogen and oxygen atoms in total. The Balaban J connectivity index is 2.05. The Morgan fingerprint density at radius 2 is 1.86 bits per heavy atom. The van der Waals surface area contributed by atoms with Crippen molar-refractivity contribution in [3.05, 3.63) is 69.2 Å². The molecular formula is C18H19Cl2N. The zero-order valence-electron chi connectivity index (χ0n) is 12.0. The molecule has 21 heavy (non-hydrogen) atoms. The number of benzene rings is 2. The smallest absolute Gasteiger partial charge is 0.0595 e. The van der Waals surface area contributed by atoms with Gasteiger partial charge in [-0.3, -0.25) is 0 Å². The second-order valence-corrected chi connectivity index (χ2v) is 6.80. The first-order valence-corrected chi connectivity index (χ1v) is 8.10. The molecule has 0 saturated carbocycles. The van der Waals surface area contributed by atoms with Crippen molar-refractivity contribution in [2.24, 2.45) is 11.7 Å². The fourth-order valence-electron chi connectivity index (χ4n) is 3.30. The summed E-state index contributed by atoms with van der Waals surface area (Å²) in [5.41, 5.74) is 10.2. The van der Waals surface area contributed by atoms with Gasteiger partial charge >= 0.3 is 0 Å². The van der Waals surface area contributed by atoms with Crippen LogP contribution in [0.5, 0.6) is 0 Å². The Kier molecular flexibility index (Phi) is 4.26. The molecule has 0 amide bonds. The highest BCUT2D eigenvalue weighted by Crippen LogP contribution is 2.41. The molecule has 0 radical (unpaired) electrons. The second-order valence-electron chi connectivity index (χ2n) is 5.98. The second kappa shape index (κ2) is 6.00. The average molecular weight is 320 g/mol. The summed E-state index contributed by atoms with van der Waals surface area (Å²) in [6, 6.07) is 14.8. The van der Waals surface area contributed by atoms with Gasteiger partial charge in [0.15, 0.2) is 0 Å². The van der Waals surface area contributed by atoms with Crippen molar-refractivity contribution in [3.8, 4) is 0 Å². The third kappa shape index (κ3) is 2.96. The summed E-state index contributed by atoms with van der Waals surface area (Å²) in [6.07, 6.45) is 2.12. The number of rotatable bonds is 2. The normalized spacial score (nSPS) is 22.7. The van der Waals surface area contributed by atoms with Crippen LogP contribution >= 0.6 is 23.2 Å². The van der Waals surface area contributed by atoms with E-state index in [0.717, 1.165) is 12.8 Å².